The summed E-state index contributed by atoms with van der Waals surface area (Å²) in [5, 5.41) is 2.85. The van der Waals surface area contributed by atoms with Gasteiger partial charge >= 0.3 is 0 Å². The molecule has 1 aliphatic heterocycles. The number of hydrogen-bond donors (Lipinski definition) is 1. The molecular weight excluding hydrogens is 436 g/mol. The topological polar surface area (TPSA) is 103 Å². The fourth-order valence-electron chi connectivity index (χ4n) is 3.65. The molecule has 0 spiro atoms. The molecule has 0 unspecified atom stereocenters. The average molecular weight is 465 g/mol. The maximum atomic E-state index is 13.4. The molecule has 0 radical (unpaired) electrons. The van der Waals surface area contributed by atoms with E-state index in [-0.39, 0.29) is 23.1 Å². The minimum Gasteiger partial charge on any atom is -0.497 e. The van der Waals surface area contributed by atoms with Crippen molar-refractivity contribution in [1.82, 2.24) is 4.31 Å². The lowest BCUT2D eigenvalue weighted by Gasteiger charge is -2.31. The molecular formula is C22H28N2O7S. The smallest absolute Gasteiger partial charge is 0.246 e. The van der Waals surface area contributed by atoms with E-state index in [1.165, 1.54) is 38.8 Å². The fraction of sp³-hybridized carbons (Fsp3) is 0.409. The monoisotopic (exact) mass is 464 g/mol. The van der Waals surface area contributed by atoms with Crippen LogP contribution in [0.3, 0.4) is 0 Å². The first kappa shape index (κ1) is 23.7. The van der Waals surface area contributed by atoms with Gasteiger partial charge in [-0.15, -0.1) is 0 Å². The Hall–Kier alpha value is -2.98. The first-order chi connectivity index (χ1) is 15.3. The average Bonchev–Trinajstić information content (AvgIpc) is 2.83. The third-order valence-corrected chi connectivity index (χ3v) is 7.29. The Kier molecular flexibility index (Phi) is 7.47. The van der Waals surface area contributed by atoms with Gasteiger partial charge in [0.05, 0.1) is 40.0 Å². The van der Waals surface area contributed by atoms with Gasteiger partial charge in [-0.1, -0.05) is 0 Å². The first-order valence-corrected chi connectivity index (χ1v) is 11.5. The van der Waals surface area contributed by atoms with Gasteiger partial charge in [-0.25, -0.2) is 8.42 Å². The van der Waals surface area contributed by atoms with E-state index < -0.39 is 15.9 Å². The summed E-state index contributed by atoms with van der Waals surface area (Å²) in [4.78, 5) is 13.0. The highest BCUT2D eigenvalue weighted by atomic mass is 32.2. The summed E-state index contributed by atoms with van der Waals surface area (Å²) in [5.74, 6) is 0.874. The fourth-order valence-corrected chi connectivity index (χ4v) is 5.34. The predicted molar refractivity (Wildman–Crippen MR) is 119 cm³/mol. The maximum absolute atomic E-state index is 13.4. The molecule has 10 heteroatoms. The van der Waals surface area contributed by atoms with Crippen LogP contribution >= 0.6 is 0 Å². The molecule has 1 aliphatic rings. The van der Waals surface area contributed by atoms with Gasteiger partial charge < -0.3 is 24.3 Å². The van der Waals surface area contributed by atoms with Crippen LogP contribution in [0, 0.1) is 5.92 Å². The van der Waals surface area contributed by atoms with Gasteiger partial charge in [0.25, 0.3) is 0 Å². The number of nitrogens with zero attached hydrogens (tertiary/aromatic N) is 1. The van der Waals surface area contributed by atoms with Crippen molar-refractivity contribution in [2.24, 2.45) is 5.92 Å². The largest absolute Gasteiger partial charge is 0.497 e. The molecule has 2 aromatic rings. The Labute approximate surface area is 188 Å². The standard InChI is InChI=1S/C22H28N2O7S/c1-28-16-7-9-19(30-3)18(12-16)23-22(25)15-6-5-11-24(14-15)32(26,27)21-13-17(29-2)8-10-20(21)31-4/h7-10,12-13,15H,5-6,11,14H2,1-4H3,(H,23,25)/t15-/m0/s1. The molecule has 32 heavy (non-hydrogen) atoms. The van der Waals surface area contributed by atoms with Crippen LogP contribution in [0.25, 0.3) is 0 Å². The highest BCUT2D eigenvalue weighted by molar-refractivity contribution is 7.89. The molecule has 0 aromatic heterocycles. The van der Waals surface area contributed by atoms with Crippen LogP contribution in [-0.4, -0.2) is 60.2 Å². The Morgan fingerprint density at radius 2 is 1.56 bits per heavy atom. The maximum Gasteiger partial charge on any atom is 0.246 e. The number of rotatable bonds is 8. The normalized spacial score (nSPS) is 16.8. The van der Waals surface area contributed by atoms with Crippen LogP contribution in [0.5, 0.6) is 23.0 Å². The highest BCUT2D eigenvalue weighted by Gasteiger charge is 2.35. The van der Waals surface area contributed by atoms with Crippen LogP contribution in [0.2, 0.25) is 0 Å². The molecule has 1 fully saturated rings. The van der Waals surface area contributed by atoms with Gasteiger partial charge in [0, 0.05) is 25.2 Å². The molecule has 9 nitrogen and oxygen atoms in total. The number of amides is 1. The van der Waals surface area contributed by atoms with Crippen LogP contribution in [0.4, 0.5) is 5.69 Å². The van der Waals surface area contributed by atoms with Crippen molar-refractivity contribution in [1.29, 1.82) is 0 Å². The van der Waals surface area contributed by atoms with E-state index >= 15 is 0 Å². The van der Waals surface area contributed by atoms with Gasteiger partial charge in [-0.3, -0.25) is 4.79 Å². The summed E-state index contributed by atoms with van der Waals surface area (Å²) in [6, 6.07) is 9.70. The molecule has 1 saturated heterocycles. The Morgan fingerprint density at radius 1 is 0.938 bits per heavy atom. The summed E-state index contributed by atoms with van der Waals surface area (Å²) in [7, 11) is 2.02. The number of methoxy groups -OCH3 is 4. The van der Waals surface area contributed by atoms with E-state index in [4.69, 9.17) is 18.9 Å². The Morgan fingerprint density at radius 3 is 2.19 bits per heavy atom. The number of carbonyl (C=O) groups excluding carboxylic acids is 1. The summed E-state index contributed by atoms with van der Waals surface area (Å²) < 4.78 is 49.0. The van der Waals surface area contributed by atoms with E-state index in [0.29, 0.717) is 42.3 Å². The van der Waals surface area contributed by atoms with Crippen molar-refractivity contribution in [2.45, 2.75) is 17.7 Å². The molecule has 0 saturated carbocycles. The van der Waals surface area contributed by atoms with Crippen molar-refractivity contribution < 1.29 is 32.2 Å². The molecule has 1 atom stereocenters. The van der Waals surface area contributed by atoms with Crippen molar-refractivity contribution >= 4 is 21.6 Å². The zero-order valence-electron chi connectivity index (χ0n) is 18.6. The van der Waals surface area contributed by atoms with Crippen LogP contribution < -0.4 is 24.3 Å². The number of sulfonamides is 1. The number of carbonyl (C=O) groups is 1. The second-order valence-electron chi connectivity index (χ2n) is 7.27. The predicted octanol–water partition coefficient (Wildman–Crippen LogP) is 2.76. The van der Waals surface area contributed by atoms with Gasteiger partial charge in [-0.05, 0) is 37.1 Å². The molecule has 1 heterocycles. The van der Waals surface area contributed by atoms with Gasteiger partial charge in [-0.2, -0.15) is 4.31 Å². The number of ether oxygens (including phenoxy) is 4. The lowest BCUT2D eigenvalue weighted by Crippen LogP contribution is -2.43. The van der Waals surface area contributed by atoms with E-state index in [2.05, 4.69) is 5.32 Å². The van der Waals surface area contributed by atoms with Crippen molar-refractivity contribution in [2.75, 3.05) is 46.8 Å². The van der Waals surface area contributed by atoms with Gasteiger partial charge in [0.15, 0.2) is 0 Å². The van der Waals surface area contributed by atoms with E-state index in [1.54, 1.807) is 30.3 Å². The SMILES string of the molecule is COc1ccc(OC)c(NC(=O)[C@H]2CCCN(S(=O)(=O)c3cc(OC)ccc3OC)C2)c1. The molecule has 0 bridgehead atoms. The van der Waals surface area contributed by atoms with Crippen molar-refractivity contribution in [3.63, 3.8) is 0 Å². The van der Waals surface area contributed by atoms with Crippen molar-refractivity contribution in [3.05, 3.63) is 36.4 Å². The Balaban J connectivity index is 1.82. The molecule has 1 amide bonds. The number of nitrogens with one attached hydrogen (secondary N) is 1. The van der Waals surface area contributed by atoms with E-state index in [1.807, 2.05) is 0 Å². The summed E-state index contributed by atoms with van der Waals surface area (Å²) in [6.07, 6.45) is 1.12. The molecule has 174 valence electrons. The van der Waals surface area contributed by atoms with Gasteiger partial charge in [0.2, 0.25) is 15.9 Å². The first-order valence-electron chi connectivity index (χ1n) is 10.1. The zero-order valence-corrected chi connectivity index (χ0v) is 19.4. The molecule has 2 aromatic carbocycles. The lowest BCUT2D eigenvalue weighted by molar-refractivity contribution is -0.120. The van der Waals surface area contributed by atoms with E-state index in [0.717, 1.165) is 0 Å². The van der Waals surface area contributed by atoms with Gasteiger partial charge in [0.1, 0.15) is 27.9 Å². The summed E-state index contributed by atoms with van der Waals surface area (Å²) in [5.41, 5.74) is 0.464. The van der Waals surface area contributed by atoms with Crippen LogP contribution in [-0.2, 0) is 14.8 Å². The Bertz CT molecular complexity index is 1070. The minimum atomic E-state index is -3.90. The zero-order chi connectivity index (χ0) is 23.3. The third-order valence-electron chi connectivity index (χ3n) is 5.41. The summed E-state index contributed by atoms with van der Waals surface area (Å²) in [6.45, 7) is 0.371. The van der Waals surface area contributed by atoms with Crippen LogP contribution in [0.15, 0.2) is 41.3 Å². The quantitative estimate of drug-likeness (QED) is 0.641. The summed E-state index contributed by atoms with van der Waals surface area (Å²) >= 11 is 0. The number of piperidine rings is 1. The lowest BCUT2D eigenvalue weighted by atomic mass is 9.98. The second kappa shape index (κ2) is 10.1. The molecule has 0 aliphatic carbocycles. The third kappa shape index (κ3) is 4.91. The van der Waals surface area contributed by atoms with E-state index in [9.17, 15) is 13.2 Å². The number of benzene rings is 2. The molecule has 3 rings (SSSR count). The number of hydrogen-bond acceptors (Lipinski definition) is 7. The molecule has 1 N–H and O–H groups in total. The number of anilines is 1. The van der Waals surface area contributed by atoms with Crippen LogP contribution in [0.1, 0.15) is 12.8 Å². The minimum absolute atomic E-state index is 0.00914. The second-order valence-corrected chi connectivity index (χ2v) is 9.18. The highest BCUT2D eigenvalue weighted by Crippen LogP contribution is 2.34. The van der Waals surface area contributed by atoms with Crippen molar-refractivity contribution in [3.8, 4) is 23.0 Å².